The zero-order chi connectivity index (χ0) is 20.9. The summed E-state index contributed by atoms with van der Waals surface area (Å²) in [5.74, 6) is -2.56. The average molecular weight is 414 g/mol. The van der Waals surface area contributed by atoms with Gasteiger partial charge in [-0.2, -0.15) is 0 Å². The monoisotopic (exact) mass is 414 g/mol. The number of hydrogen-bond acceptors (Lipinski definition) is 6. The van der Waals surface area contributed by atoms with Gasteiger partial charge in [0.2, 0.25) is 0 Å². The van der Waals surface area contributed by atoms with Crippen molar-refractivity contribution in [1.29, 1.82) is 0 Å². The molecule has 6 nitrogen and oxygen atoms in total. The lowest BCUT2D eigenvalue weighted by molar-refractivity contribution is 0.142. The highest BCUT2D eigenvalue weighted by atomic mass is 19.1. The Morgan fingerprint density at radius 3 is 1.00 bits per heavy atom. The maximum absolute atomic E-state index is 13.9. The van der Waals surface area contributed by atoms with Crippen LogP contribution in [-0.4, -0.2) is 22.0 Å². The second-order valence-corrected chi connectivity index (χ2v) is 5.92. The highest BCUT2D eigenvalue weighted by molar-refractivity contribution is 6.67. The van der Waals surface area contributed by atoms with Gasteiger partial charge in [-0.25, -0.2) is 13.2 Å². The van der Waals surface area contributed by atoms with Gasteiger partial charge in [0.15, 0.2) is 17.5 Å². The Kier molecular flexibility index (Phi) is 6.17. The van der Waals surface area contributed by atoms with Crippen LogP contribution in [0.15, 0.2) is 72.8 Å². The van der Waals surface area contributed by atoms with Gasteiger partial charge in [0.25, 0.3) is 0 Å². The fraction of sp³-hybridized carbons (Fsp3) is 0. The van der Waals surface area contributed by atoms with Crippen LogP contribution in [-0.2, 0) is 13.7 Å². The summed E-state index contributed by atoms with van der Waals surface area (Å²) in [6.07, 6.45) is 0. The van der Waals surface area contributed by atoms with E-state index < -0.39 is 39.4 Å². The van der Waals surface area contributed by atoms with Crippen LogP contribution in [0.2, 0.25) is 0 Å². The fourth-order valence-corrected chi connectivity index (χ4v) is 2.47. The largest absolute Gasteiger partial charge is 0.690 e. The van der Waals surface area contributed by atoms with E-state index in [9.17, 15) is 13.2 Å². The summed E-state index contributed by atoms with van der Waals surface area (Å²) in [5.41, 5.74) is 0. The minimum atomic E-state index is -1.57. The van der Waals surface area contributed by atoms with Gasteiger partial charge in [0.05, 0.1) is 0 Å². The minimum Gasteiger partial charge on any atom is -0.511 e. The van der Waals surface area contributed by atoms with Crippen molar-refractivity contribution in [3.05, 3.63) is 90.2 Å². The molecular weight excluding hydrogens is 402 g/mol. The summed E-state index contributed by atoms with van der Waals surface area (Å²) in [6, 6.07) is 16.6. The van der Waals surface area contributed by atoms with Gasteiger partial charge in [-0.3, -0.25) is 0 Å². The standard InChI is InChI=1S/C18H12B3F3O6/c22-13-7-1-4-10-16(13)25-19-28-20(26-17-11-5-2-8-14(17)23)30-21(29-19)27-18-12-6-3-9-15(18)24/h1-12H. The second-order valence-electron chi connectivity index (χ2n) is 5.92. The molecule has 0 atom stereocenters. The van der Waals surface area contributed by atoms with Gasteiger partial charge < -0.3 is 27.7 Å². The zero-order valence-corrected chi connectivity index (χ0v) is 15.2. The molecule has 150 valence electrons. The van der Waals surface area contributed by atoms with Crippen molar-refractivity contribution < 1.29 is 40.8 Å². The lowest BCUT2D eigenvalue weighted by atomic mass is 9.96. The molecule has 30 heavy (non-hydrogen) atoms. The average Bonchev–Trinajstić information content (AvgIpc) is 2.73. The highest BCUT2D eigenvalue weighted by Crippen LogP contribution is 2.24. The molecular formula is C18H12B3F3O6. The predicted molar refractivity (Wildman–Crippen MR) is 102 cm³/mol. The SMILES string of the molecule is Fc1ccccc1OB1OB(Oc2ccccc2F)OB(Oc2ccccc2F)O1. The van der Waals surface area contributed by atoms with Crippen molar-refractivity contribution in [2.45, 2.75) is 0 Å². The normalized spacial score (nSPS) is 13.9. The van der Waals surface area contributed by atoms with Crippen molar-refractivity contribution in [3.63, 3.8) is 0 Å². The molecule has 4 rings (SSSR count). The first-order chi connectivity index (χ1) is 14.6. The maximum Gasteiger partial charge on any atom is 0.690 e. The third kappa shape index (κ3) is 4.91. The van der Waals surface area contributed by atoms with Crippen molar-refractivity contribution in [2.24, 2.45) is 0 Å². The number of para-hydroxylation sites is 3. The van der Waals surface area contributed by atoms with Crippen LogP contribution >= 0.6 is 0 Å². The van der Waals surface area contributed by atoms with E-state index in [2.05, 4.69) is 0 Å². The smallest absolute Gasteiger partial charge is 0.511 e. The van der Waals surface area contributed by atoms with Crippen molar-refractivity contribution in [3.8, 4) is 17.2 Å². The summed E-state index contributed by atoms with van der Waals surface area (Å²) in [6.45, 7) is 0. The molecule has 0 radical (unpaired) electrons. The molecule has 3 aromatic carbocycles. The molecule has 1 aliphatic heterocycles. The van der Waals surface area contributed by atoms with E-state index in [-0.39, 0.29) is 17.2 Å². The lowest BCUT2D eigenvalue weighted by Crippen LogP contribution is -2.56. The summed E-state index contributed by atoms with van der Waals surface area (Å²) >= 11 is 0. The van der Waals surface area contributed by atoms with E-state index in [0.29, 0.717) is 0 Å². The van der Waals surface area contributed by atoms with Crippen LogP contribution in [0.1, 0.15) is 0 Å². The first kappa shape index (κ1) is 20.2. The Labute approximate surface area is 171 Å². The quantitative estimate of drug-likeness (QED) is 0.575. The zero-order valence-electron chi connectivity index (χ0n) is 15.2. The number of benzene rings is 3. The predicted octanol–water partition coefficient (Wildman–Crippen LogP) is 3.66. The number of rotatable bonds is 6. The summed E-state index contributed by atoms with van der Waals surface area (Å²) in [7, 11) is -4.70. The molecule has 0 unspecified atom stereocenters. The van der Waals surface area contributed by atoms with Crippen LogP contribution in [0.25, 0.3) is 0 Å². The minimum absolute atomic E-state index is 0.182. The van der Waals surface area contributed by atoms with Crippen LogP contribution in [0.5, 0.6) is 17.2 Å². The summed E-state index contributed by atoms with van der Waals surface area (Å²) < 4.78 is 73.7. The van der Waals surface area contributed by atoms with E-state index in [1.165, 1.54) is 54.6 Å². The molecule has 0 N–H and O–H groups in total. The molecule has 0 saturated carbocycles. The fourth-order valence-electron chi connectivity index (χ4n) is 2.47. The van der Waals surface area contributed by atoms with Crippen molar-refractivity contribution >= 4 is 22.0 Å². The van der Waals surface area contributed by atoms with E-state index in [0.717, 1.165) is 0 Å². The Morgan fingerprint density at radius 2 is 0.733 bits per heavy atom. The van der Waals surface area contributed by atoms with E-state index in [4.69, 9.17) is 27.7 Å². The third-order valence-electron chi connectivity index (χ3n) is 3.85. The topological polar surface area (TPSA) is 55.4 Å². The molecule has 0 bridgehead atoms. The second kappa shape index (κ2) is 9.16. The molecule has 1 saturated heterocycles. The summed E-state index contributed by atoms with van der Waals surface area (Å²) in [5, 5.41) is 0. The maximum atomic E-state index is 13.9. The van der Waals surface area contributed by atoms with Gasteiger partial charge in [-0.15, -0.1) is 0 Å². The molecule has 0 amide bonds. The van der Waals surface area contributed by atoms with Crippen molar-refractivity contribution in [1.82, 2.24) is 0 Å². The lowest BCUT2D eigenvalue weighted by Gasteiger charge is -2.28. The van der Waals surface area contributed by atoms with Crippen LogP contribution in [0, 0.1) is 17.5 Å². The molecule has 0 spiro atoms. The van der Waals surface area contributed by atoms with Gasteiger partial charge in [-0.05, 0) is 36.4 Å². The number of hydrogen-bond donors (Lipinski definition) is 0. The molecule has 0 aromatic heterocycles. The Morgan fingerprint density at radius 1 is 0.467 bits per heavy atom. The molecule has 1 aliphatic rings. The van der Waals surface area contributed by atoms with E-state index in [1.54, 1.807) is 18.2 Å². The molecule has 1 heterocycles. The van der Waals surface area contributed by atoms with Crippen LogP contribution in [0.3, 0.4) is 0 Å². The molecule has 1 fully saturated rings. The molecule has 12 heteroatoms. The van der Waals surface area contributed by atoms with Crippen LogP contribution < -0.4 is 14.0 Å². The van der Waals surface area contributed by atoms with E-state index >= 15 is 0 Å². The van der Waals surface area contributed by atoms with Crippen LogP contribution in [0.4, 0.5) is 13.2 Å². The van der Waals surface area contributed by atoms with Gasteiger partial charge in [0.1, 0.15) is 17.2 Å². The highest BCUT2D eigenvalue weighted by Gasteiger charge is 2.51. The van der Waals surface area contributed by atoms with Crippen molar-refractivity contribution in [2.75, 3.05) is 0 Å². The Bertz CT molecular complexity index is 881. The Hall–Kier alpha value is -3.08. The first-order valence-corrected chi connectivity index (χ1v) is 8.78. The first-order valence-electron chi connectivity index (χ1n) is 8.78. The number of halogens is 3. The summed E-state index contributed by atoms with van der Waals surface area (Å²) in [4.78, 5) is 0. The third-order valence-corrected chi connectivity index (χ3v) is 3.85. The van der Waals surface area contributed by atoms with Gasteiger partial charge in [0, 0.05) is 0 Å². The molecule has 3 aromatic rings. The van der Waals surface area contributed by atoms with E-state index in [1.807, 2.05) is 0 Å². The van der Waals surface area contributed by atoms with Gasteiger partial charge in [-0.1, -0.05) is 36.4 Å². The molecule has 0 aliphatic carbocycles. The van der Waals surface area contributed by atoms with Gasteiger partial charge >= 0.3 is 22.0 Å². The Balaban J connectivity index is 1.53.